The summed E-state index contributed by atoms with van der Waals surface area (Å²) in [5.41, 5.74) is 3.96. The lowest BCUT2D eigenvalue weighted by atomic mass is 10.1. The first-order chi connectivity index (χ1) is 13.7. The second-order valence-electron chi connectivity index (χ2n) is 6.28. The molecule has 0 spiro atoms. The van der Waals surface area contributed by atoms with Gasteiger partial charge in [0.15, 0.2) is 0 Å². The minimum Gasteiger partial charge on any atom is -0.478 e. The molecule has 0 bridgehead atoms. The molecule has 0 atom stereocenters. The molecule has 0 amide bonds. The molecular weight excluding hydrogens is 364 g/mol. The van der Waals surface area contributed by atoms with Crippen molar-refractivity contribution in [3.05, 3.63) is 107 Å². The maximum atomic E-state index is 11.1. The number of rotatable bonds is 10. The van der Waals surface area contributed by atoms with E-state index in [0.29, 0.717) is 0 Å². The van der Waals surface area contributed by atoms with Crippen LogP contribution in [0.2, 0.25) is 0 Å². The second-order valence-corrected chi connectivity index (χ2v) is 6.28. The molecule has 0 saturated heterocycles. The van der Waals surface area contributed by atoms with Gasteiger partial charge in [-0.1, -0.05) is 95.2 Å². The van der Waals surface area contributed by atoms with E-state index in [2.05, 4.69) is 4.74 Å². The summed E-state index contributed by atoms with van der Waals surface area (Å²) >= 11 is 0. The SMILES string of the molecule is COC(=O)/C=C/C(C)=C\C(C)=C\C=C\C=C\C=C(C)\C=C\C=C(C)\C=C\C(=O)O. The normalized spacial score (nSPS) is 14.9. The number of hydrogen-bond donors (Lipinski definition) is 1. The van der Waals surface area contributed by atoms with E-state index >= 15 is 0 Å². The van der Waals surface area contributed by atoms with Crippen LogP contribution in [0.3, 0.4) is 0 Å². The third-order valence-electron chi connectivity index (χ3n) is 3.40. The maximum absolute atomic E-state index is 11.1. The zero-order valence-electron chi connectivity index (χ0n) is 17.8. The number of carbonyl (C=O) groups is 2. The maximum Gasteiger partial charge on any atom is 0.330 e. The van der Waals surface area contributed by atoms with E-state index < -0.39 is 5.97 Å². The molecule has 0 aromatic carbocycles. The van der Waals surface area contributed by atoms with Crippen molar-refractivity contribution < 1.29 is 19.4 Å². The highest BCUT2D eigenvalue weighted by Crippen LogP contribution is 2.04. The molecule has 0 aromatic heterocycles. The second kappa shape index (κ2) is 15.6. The van der Waals surface area contributed by atoms with Crippen LogP contribution in [0.4, 0.5) is 0 Å². The predicted octanol–water partition coefficient (Wildman–Crippen LogP) is 5.81. The number of aliphatic carboxylic acids is 1. The highest BCUT2D eigenvalue weighted by atomic mass is 16.5. The molecule has 154 valence electrons. The number of esters is 1. The first-order valence-corrected chi connectivity index (χ1v) is 9.13. The van der Waals surface area contributed by atoms with Crippen molar-refractivity contribution in [2.24, 2.45) is 0 Å². The lowest BCUT2D eigenvalue weighted by Crippen LogP contribution is -1.93. The van der Waals surface area contributed by atoms with Gasteiger partial charge in [0.05, 0.1) is 7.11 Å². The van der Waals surface area contributed by atoms with E-state index in [4.69, 9.17) is 5.11 Å². The zero-order chi connectivity index (χ0) is 22.1. The van der Waals surface area contributed by atoms with Crippen LogP contribution >= 0.6 is 0 Å². The summed E-state index contributed by atoms with van der Waals surface area (Å²) in [7, 11) is 1.35. The van der Waals surface area contributed by atoms with E-state index in [1.54, 1.807) is 12.2 Å². The summed E-state index contributed by atoms with van der Waals surface area (Å²) in [6, 6.07) is 0. The summed E-state index contributed by atoms with van der Waals surface area (Å²) in [4.78, 5) is 21.5. The highest BCUT2D eigenvalue weighted by molar-refractivity contribution is 5.82. The predicted molar refractivity (Wildman–Crippen MR) is 120 cm³/mol. The van der Waals surface area contributed by atoms with Crippen LogP contribution in [0, 0.1) is 0 Å². The summed E-state index contributed by atoms with van der Waals surface area (Å²) < 4.78 is 4.55. The lowest BCUT2D eigenvalue weighted by Gasteiger charge is -1.94. The van der Waals surface area contributed by atoms with Crippen molar-refractivity contribution in [3.63, 3.8) is 0 Å². The molecule has 0 aliphatic rings. The van der Waals surface area contributed by atoms with Gasteiger partial charge in [-0.2, -0.15) is 0 Å². The Balaban J connectivity index is 4.64. The Kier molecular flexibility index (Phi) is 13.8. The van der Waals surface area contributed by atoms with Gasteiger partial charge < -0.3 is 9.84 Å². The lowest BCUT2D eigenvalue weighted by molar-refractivity contribution is -0.135. The van der Waals surface area contributed by atoms with Crippen LogP contribution in [0.5, 0.6) is 0 Å². The molecule has 0 saturated carbocycles. The molecule has 0 aromatic rings. The molecule has 29 heavy (non-hydrogen) atoms. The van der Waals surface area contributed by atoms with E-state index in [1.165, 1.54) is 13.2 Å². The van der Waals surface area contributed by atoms with Gasteiger partial charge in [0.2, 0.25) is 0 Å². The highest BCUT2D eigenvalue weighted by Gasteiger charge is 1.90. The number of allylic oxidation sites excluding steroid dienone is 16. The van der Waals surface area contributed by atoms with Gasteiger partial charge in [0, 0.05) is 12.2 Å². The fourth-order valence-corrected chi connectivity index (χ4v) is 1.93. The number of carbonyl (C=O) groups excluding carboxylic acids is 1. The van der Waals surface area contributed by atoms with Crippen molar-refractivity contribution >= 4 is 11.9 Å². The van der Waals surface area contributed by atoms with Crippen molar-refractivity contribution in [1.82, 2.24) is 0 Å². The zero-order valence-corrected chi connectivity index (χ0v) is 17.8. The molecule has 0 unspecified atom stereocenters. The minimum atomic E-state index is -0.956. The molecule has 0 fully saturated rings. The Morgan fingerprint density at radius 3 is 1.72 bits per heavy atom. The minimum absolute atomic E-state index is 0.371. The smallest absolute Gasteiger partial charge is 0.330 e. The monoisotopic (exact) mass is 394 g/mol. The van der Waals surface area contributed by atoms with Crippen LogP contribution in [0.15, 0.2) is 107 Å². The largest absolute Gasteiger partial charge is 0.478 e. The van der Waals surface area contributed by atoms with Gasteiger partial charge in [-0.05, 0) is 27.7 Å². The molecule has 1 N–H and O–H groups in total. The van der Waals surface area contributed by atoms with Gasteiger partial charge in [0.1, 0.15) is 0 Å². The van der Waals surface area contributed by atoms with Gasteiger partial charge >= 0.3 is 11.9 Å². The molecule has 0 rings (SSSR count). The number of methoxy groups -OCH3 is 1. The molecule has 4 nitrogen and oxygen atoms in total. The average Bonchev–Trinajstić information content (AvgIpc) is 2.67. The summed E-state index contributed by atoms with van der Waals surface area (Å²) in [5.74, 6) is -1.33. The molecule has 4 heteroatoms. The Morgan fingerprint density at radius 2 is 1.14 bits per heavy atom. The molecule has 0 radical (unpaired) electrons. The molecule has 0 aliphatic heterocycles. The Hall–Kier alpha value is -3.40. The van der Waals surface area contributed by atoms with Gasteiger partial charge in [0.25, 0.3) is 0 Å². The van der Waals surface area contributed by atoms with Gasteiger partial charge in [-0.25, -0.2) is 9.59 Å². The first-order valence-electron chi connectivity index (χ1n) is 9.13. The average molecular weight is 395 g/mol. The van der Waals surface area contributed by atoms with Crippen LogP contribution in [0.1, 0.15) is 27.7 Å². The molecular formula is C25H30O4. The molecule has 0 aliphatic carbocycles. The van der Waals surface area contributed by atoms with E-state index in [-0.39, 0.29) is 5.97 Å². The standard InChI is InChI=1S/C25H30O4/c1-20(13-10-14-21(2)15-17-24(26)27)11-8-6-7-9-12-22(3)19-23(4)16-18-25(28)29-5/h6-19H,1-5H3,(H,26,27)/b8-6+,9-7+,13-10+,17-15+,18-16+,20-11+,21-14+,22-12+,23-19-. The third kappa shape index (κ3) is 16.5. The quantitative estimate of drug-likeness (QED) is 0.288. The number of carboxylic acid groups (broad SMARTS) is 1. The van der Waals surface area contributed by atoms with Crippen LogP contribution in [-0.4, -0.2) is 24.2 Å². The number of hydrogen-bond acceptors (Lipinski definition) is 3. The fraction of sp³-hybridized carbons (Fsp3) is 0.200. The summed E-state index contributed by atoms with van der Waals surface area (Å²) in [5, 5.41) is 8.57. The van der Waals surface area contributed by atoms with Crippen LogP contribution in [0.25, 0.3) is 0 Å². The van der Waals surface area contributed by atoms with Crippen LogP contribution in [-0.2, 0) is 14.3 Å². The summed E-state index contributed by atoms with van der Waals surface area (Å²) in [6.45, 7) is 7.73. The van der Waals surface area contributed by atoms with Gasteiger partial charge in [-0.15, -0.1) is 0 Å². The van der Waals surface area contributed by atoms with Crippen molar-refractivity contribution in [2.75, 3.05) is 7.11 Å². The number of carboxylic acids is 1. The Morgan fingerprint density at radius 1 is 0.621 bits per heavy atom. The fourth-order valence-electron chi connectivity index (χ4n) is 1.93. The molecule has 0 heterocycles. The number of ether oxygens (including phenoxy) is 1. The topological polar surface area (TPSA) is 63.6 Å². The van der Waals surface area contributed by atoms with Crippen molar-refractivity contribution in [3.8, 4) is 0 Å². The Labute approximate surface area is 174 Å². The van der Waals surface area contributed by atoms with E-state index in [9.17, 15) is 9.59 Å². The third-order valence-corrected chi connectivity index (χ3v) is 3.40. The van der Waals surface area contributed by atoms with Crippen molar-refractivity contribution in [2.45, 2.75) is 27.7 Å². The van der Waals surface area contributed by atoms with E-state index in [1.807, 2.05) is 88.5 Å². The van der Waals surface area contributed by atoms with Gasteiger partial charge in [-0.3, -0.25) is 0 Å². The summed E-state index contributed by atoms with van der Waals surface area (Å²) in [6.07, 6.45) is 25.2. The van der Waals surface area contributed by atoms with Crippen molar-refractivity contribution in [1.29, 1.82) is 0 Å². The van der Waals surface area contributed by atoms with Crippen LogP contribution < -0.4 is 0 Å². The van der Waals surface area contributed by atoms with E-state index in [0.717, 1.165) is 28.4 Å². The Bertz CT molecular complexity index is 823. The first kappa shape index (κ1) is 25.6.